The Morgan fingerprint density at radius 3 is 1.21 bits per heavy atom. The van der Waals surface area contributed by atoms with Crippen LogP contribution < -0.4 is 15.1 Å². The Morgan fingerprint density at radius 2 is 1.08 bits per heavy atom. The molecule has 0 unspecified atom stereocenters. The van der Waals surface area contributed by atoms with Crippen LogP contribution in [0, 0.1) is 0 Å². The first-order chi connectivity index (χ1) is 10.8. The molecule has 0 saturated heterocycles. The maximum atomic E-state index is 10.3. The molecule has 0 N–H and O–H groups in total. The summed E-state index contributed by atoms with van der Waals surface area (Å²) >= 11 is 0. The van der Waals surface area contributed by atoms with Gasteiger partial charge in [0.15, 0.2) is 0 Å². The van der Waals surface area contributed by atoms with Crippen LogP contribution in [0.4, 0.5) is 0 Å². The molecule has 24 heavy (non-hydrogen) atoms. The Kier molecular flexibility index (Phi) is 13.8. The summed E-state index contributed by atoms with van der Waals surface area (Å²) < 4.78 is 10.3. The fourth-order valence-corrected chi connectivity index (χ4v) is 5.17. The van der Waals surface area contributed by atoms with E-state index in [4.69, 9.17) is 0 Å². The van der Waals surface area contributed by atoms with Gasteiger partial charge in [0, 0.05) is 41.2 Å². The van der Waals surface area contributed by atoms with Crippen molar-refractivity contribution in [3.05, 3.63) is 30.3 Å². The molecule has 0 aliphatic carbocycles. The van der Waals surface area contributed by atoms with E-state index in [2.05, 4.69) is 54.4 Å². The zero-order chi connectivity index (χ0) is 19.4. The van der Waals surface area contributed by atoms with Crippen molar-refractivity contribution in [1.29, 1.82) is 0 Å². The van der Waals surface area contributed by atoms with Crippen LogP contribution in [0.3, 0.4) is 0 Å². The summed E-state index contributed by atoms with van der Waals surface area (Å²) in [7, 11) is -5.33. The van der Waals surface area contributed by atoms with Gasteiger partial charge in [0.05, 0.1) is 24.6 Å². The second-order valence-electron chi connectivity index (χ2n) is 7.12. The molecule has 0 radical (unpaired) electrons. The van der Waals surface area contributed by atoms with E-state index in [0.717, 1.165) is 0 Å². The highest BCUT2D eigenvalue weighted by molar-refractivity contribution is 7.75. The van der Waals surface area contributed by atoms with E-state index in [-0.39, 0.29) is 12.6 Å². The van der Waals surface area contributed by atoms with E-state index >= 15 is 0 Å². The summed E-state index contributed by atoms with van der Waals surface area (Å²) in [5.74, 6) is 0. The standard InChI is InChI=1S/C8H20P.C6H7O3P.C4H12P/c1-5-9(6-2,7-3)8-4;7-10(8,9)6-4-2-1-3-5-6;1-5(2,3)4/h5-8H2,1-4H3;1-5H,(H2,7,8,9);1-4H3/q+1;;+1/p-2. The quantitative estimate of drug-likeness (QED) is 0.713. The second-order valence-corrected chi connectivity index (χ2v) is 19.2. The predicted octanol–water partition coefficient (Wildman–Crippen LogP) is 3.83. The molecular weight excluding hydrogens is 357 g/mol. The number of hydrogen-bond donors (Lipinski definition) is 0. The first-order valence-electron chi connectivity index (χ1n) is 8.56. The number of benzene rings is 1. The fourth-order valence-electron chi connectivity index (χ4n) is 1.95. The van der Waals surface area contributed by atoms with E-state index < -0.39 is 14.9 Å². The van der Waals surface area contributed by atoms with Crippen LogP contribution in [0.25, 0.3) is 0 Å². The van der Waals surface area contributed by atoms with Crippen LogP contribution >= 0.6 is 22.1 Å². The molecule has 1 rings (SSSR count). The van der Waals surface area contributed by atoms with Gasteiger partial charge in [-0.2, -0.15) is 0 Å². The number of hydrogen-bond acceptors (Lipinski definition) is 3. The van der Waals surface area contributed by atoms with Gasteiger partial charge in [-0.3, -0.25) is 0 Å². The first kappa shape index (κ1) is 26.5. The summed E-state index contributed by atoms with van der Waals surface area (Å²) in [5, 5.41) is -0.157. The van der Waals surface area contributed by atoms with E-state index in [1.807, 2.05) is 0 Å². The monoisotopic (exact) mass is 394 g/mol. The van der Waals surface area contributed by atoms with E-state index in [1.54, 1.807) is 6.07 Å². The van der Waals surface area contributed by atoms with Crippen LogP contribution in [-0.4, -0.2) is 51.3 Å². The minimum absolute atomic E-state index is 0.157. The van der Waals surface area contributed by atoms with Gasteiger partial charge in [-0.1, -0.05) is 30.3 Å². The molecule has 6 heteroatoms. The van der Waals surface area contributed by atoms with Crippen molar-refractivity contribution in [1.82, 2.24) is 0 Å². The second kappa shape index (κ2) is 12.6. The summed E-state index contributed by atoms with van der Waals surface area (Å²) in [5.41, 5.74) is 0. The summed E-state index contributed by atoms with van der Waals surface area (Å²) in [6, 6.07) is 7.23. The van der Waals surface area contributed by atoms with Gasteiger partial charge in [-0.15, -0.1) is 0 Å². The Labute approximate surface area is 151 Å². The molecule has 0 spiro atoms. The molecule has 0 fully saturated rings. The molecule has 0 aliphatic heterocycles. The van der Waals surface area contributed by atoms with Gasteiger partial charge < -0.3 is 14.4 Å². The highest BCUT2D eigenvalue weighted by Gasteiger charge is 2.27. The first-order valence-corrected chi connectivity index (χ1v) is 16.2. The van der Waals surface area contributed by atoms with Gasteiger partial charge in [-0.25, -0.2) is 0 Å². The minimum Gasteiger partial charge on any atom is -0.807 e. The van der Waals surface area contributed by atoms with E-state index in [0.29, 0.717) is 0 Å². The maximum Gasteiger partial charge on any atom is 0.0565 e. The minimum atomic E-state index is -4.52. The Bertz CT molecular complexity index is 437. The van der Waals surface area contributed by atoms with Gasteiger partial charge in [0.1, 0.15) is 0 Å². The Morgan fingerprint density at radius 1 is 0.792 bits per heavy atom. The molecule has 1 aromatic carbocycles. The highest BCUT2D eigenvalue weighted by Crippen LogP contribution is 2.57. The lowest BCUT2D eigenvalue weighted by Gasteiger charge is -2.29. The molecule has 1 aromatic rings. The predicted molar refractivity (Wildman–Crippen MR) is 113 cm³/mol. The van der Waals surface area contributed by atoms with Crippen molar-refractivity contribution in [2.24, 2.45) is 0 Å². The Hall–Kier alpha value is 0.230. The lowest BCUT2D eigenvalue weighted by Crippen LogP contribution is -2.24. The van der Waals surface area contributed by atoms with Crippen molar-refractivity contribution in [2.75, 3.05) is 51.3 Å². The normalized spacial score (nSPS) is 11.8. The van der Waals surface area contributed by atoms with Crippen molar-refractivity contribution >= 4 is 27.4 Å². The summed E-state index contributed by atoms with van der Waals surface area (Å²) in [4.78, 5) is 20.6. The summed E-state index contributed by atoms with van der Waals surface area (Å²) in [6.07, 6.45) is 5.82. The third-order valence-electron chi connectivity index (χ3n) is 3.76. The van der Waals surface area contributed by atoms with Crippen LogP contribution in [0.2, 0.25) is 0 Å². The van der Waals surface area contributed by atoms with E-state index in [9.17, 15) is 14.4 Å². The molecule has 0 aromatic heterocycles. The fraction of sp³-hybridized carbons (Fsp3) is 0.667. The average Bonchev–Trinajstić information content (AvgIpc) is 2.49. The van der Waals surface area contributed by atoms with Crippen molar-refractivity contribution in [2.45, 2.75) is 27.7 Å². The van der Waals surface area contributed by atoms with Crippen LogP contribution in [0.15, 0.2) is 30.3 Å². The average molecular weight is 394 g/mol. The van der Waals surface area contributed by atoms with Crippen molar-refractivity contribution in [3.8, 4) is 0 Å². The molecule has 0 heterocycles. The van der Waals surface area contributed by atoms with Gasteiger partial charge in [-0.05, 0) is 40.6 Å². The Balaban J connectivity index is 0. The molecule has 0 bridgehead atoms. The van der Waals surface area contributed by atoms with Crippen LogP contribution in [0.5, 0.6) is 0 Å². The summed E-state index contributed by atoms with van der Waals surface area (Å²) in [6.45, 7) is 18.6. The molecule has 0 atom stereocenters. The van der Waals surface area contributed by atoms with Gasteiger partial charge in [0.25, 0.3) is 0 Å². The highest BCUT2D eigenvalue weighted by atomic mass is 31.2. The van der Waals surface area contributed by atoms with Crippen LogP contribution in [0.1, 0.15) is 27.7 Å². The number of rotatable bonds is 5. The largest absolute Gasteiger partial charge is 0.807 e. The third kappa shape index (κ3) is 14.6. The van der Waals surface area contributed by atoms with E-state index in [1.165, 1.54) is 48.9 Å². The lowest BCUT2D eigenvalue weighted by molar-refractivity contribution is -0.307. The zero-order valence-electron chi connectivity index (χ0n) is 16.8. The molecule has 3 nitrogen and oxygen atoms in total. The molecule has 142 valence electrons. The topological polar surface area (TPSA) is 63.2 Å². The van der Waals surface area contributed by atoms with Crippen molar-refractivity contribution < 1.29 is 14.4 Å². The maximum absolute atomic E-state index is 10.3. The molecule has 0 saturated carbocycles. The molecule has 0 amide bonds. The smallest absolute Gasteiger partial charge is 0.0565 e. The van der Waals surface area contributed by atoms with Gasteiger partial charge >= 0.3 is 0 Å². The zero-order valence-corrected chi connectivity index (χ0v) is 19.5. The molecular formula is C18H37O3P3. The van der Waals surface area contributed by atoms with Crippen molar-refractivity contribution in [3.63, 3.8) is 0 Å². The third-order valence-corrected chi connectivity index (χ3v) is 10.1. The van der Waals surface area contributed by atoms with Crippen LogP contribution in [-0.2, 0) is 4.57 Å². The SMILES string of the molecule is CC[P+](CC)(CC)CC.C[P+](C)(C)C.O=P([O-])([O-])c1ccccc1. The van der Waals surface area contributed by atoms with Gasteiger partial charge in [0.2, 0.25) is 0 Å². The molecule has 0 aliphatic rings. The lowest BCUT2D eigenvalue weighted by atomic mass is 10.4.